The maximum atomic E-state index is 12.4. The number of nitrogens with zero attached hydrogens (tertiary/aromatic N) is 3. The van der Waals surface area contributed by atoms with Crippen LogP contribution in [0.5, 0.6) is 0 Å². The zero-order valence-corrected chi connectivity index (χ0v) is 15.8. The third kappa shape index (κ3) is 4.03. The molecule has 1 N–H and O–H groups in total. The summed E-state index contributed by atoms with van der Waals surface area (Å²) in [5, 5.41) is 7.83. The second-order valence-corrected chi connectivity index (χ2v) is 8.49. The molecule has 24 heavy (non-hydrogen) atoms. The second kappa shape index (κ2) is 7.46. The molecular formula is C17H26N4O2S. The van der Waals surface area contributed by atoms with Crippen LogP contribution < -0.4 is 5.32 Å². The Morgan fingerprint density at radius 3 is 2.42 bits per heavy atom. The molecule has 0 amide bonds. The van der Waals surface area contributed by atoms with Crippen molar-refractivity contribution in [1.29, 1.82) is 0 Å². The molecule has 1 aromatic carbocycles. The maximum Gasteiger partial charge on any atom is 0.242 e. The average Bonchev–Trinajstić information content (AvgIpc) is 2.88. The first-order valence-electron chi connectivity index (χ1n) is 7.97. The number of hydrogen-bond acceptors (Lipinski definition) is 4. The van der Waals surface area contributed by atoms with Crippen LogP contribution in [0.25, 0.3) is 0 Å². The predicted molar refractivity (Wildman–Crippen MR) is 95.2 cm³/mol. The van der Waals surface area contributed by atoms with Crippen molar-refractivity contribution >= 4 is 10.0 Å². The number of aromatic nitrogens is 2. The lowest BCUT2D eigenvalue weighted by atomic mass is 10.1. The average molecular weight is 350 g/mol. The van der Waals surface area contributed by atoms with Crippen LogP contribution in [0.3, 0.4) is 0 Å². The molecular weight excluding hydrogens is 324 g/mol. The Labute approximate surface area is 144 Å². The summed E-state index contributed by atoms with van der Waals surface area (Å²) < 4.78 is 27.9. The van der Waals surface area contributed by atoms with E-state index in [4.69, 9.17) is 0 Å². The van der Waals surface area contributed by atoms with Gasteiger partial charge in [-0.3, -0.25) is 4.68 Å². The molecule has 2 rings (SSSR count). The van der Waals surface area contributed by atoms with E-state index < -0.39 is 10.0 Å². The summed E-state index contributed by atoms with van der Waals surface area (Å²) in [5.41, 5.74) is 2.97. The highest BCUT2D eigenvalue weighted by Gasteiger charge is 2.20. The number of rotatable bonds is 7. The van der Waals surface area contributed by atoms with Gasteiger partial charge in [0, 0.05) is 46.0 Å². The van der Waals surface area contributed by atoms with Crippen molar-refractivity contribution in [3.63, 3.8) is 0 Å². The van der Waals surface area contributed by atoms with E-state index in [2.05, 4.69) is 24.3 Å². The zero-order valence-electron chi connectivity index (χ0n) is 14.9. The largest absolute Gasteiger partial charge is 0.308 e. The molecule has 0 fully saturated rings. The Hall–Kier alpha value is -1.70. The van der Waals surface area contributed by atoms with E-state index in [0.29, 0.717) is 23.9 Å². The summed E-state index contributed by atoms with van der Waals surface area (Å²) >= 11 is 0. The summed E-state index contributed by atoms with van der Waals surface area (Å²) in [6, 6.07) is 7.10. The van der Waals surface area contributed by atoms with Gasteiger partial charge in [0.25, 0.3) is 0 Å². The Morgan fingerprint density at radius 1 is 1.17 bits per heavy atom. The second-order valence-electron chi connectivity index (χ2n) is 6.37. The lowest BCUT2D eigenvalue weighted by Gasteiger charge is -2.15. The molecule has 0 aliphatic carbocycles. The van der Waals surface area contributed by atoms with E-state index in [-0.39, 0.29) is 0 Å². The number of aryl methyl sites for hydroxylation is 1. The van der Waals surface area contributed by atoms with Crippen LogP contribution in [-0.4, -0.2) is 36.6 Å². The fourth-order valence-electron chi connectivity index (χ4n) is 2.61. The van der Waals surface area contributed by atoms with Crippen LogP contribution in [0.15, 0.2) is 35.4 Å². The van der Waals surface area contributed by atoms with Gasteiger partial charge in [-0.2, -0.15) is 5.10 Å². The molecule has 0 saturated heterocycles. The Bertz CT molecular complexity index is 795. The highest BCUT2D eigenvalue weighted by Crippen LogP contribution is 2.20. The van der Waals surface area contributed by atoms with E-state index in [1.165, 1.54) is 4.31 Å². The summed E-state index contributed by atoms with van der Waals surface area (Å²) in [5.74, 6) is 0.351. The summed E-state index contributed by atoms with van der Waals surface area (Å²) in [6.07, 6.45) is 2.00. The van der Waals surface area contributed by atoms with Crippen LogP contribution in [0.1, 0.15) is 36.6 Å². The number of nitrogens with one attached hydrogen (secondary N) is 1. The molecule has 0 radical (unpaired) electrons. The normalized spacial score (nSPS) is 12.3. The first-order chi connectivity index (χ1) is 11.2. The zero-order chi connectivity index (χ0) is 17.9. The Kier molecular flexibility index (Phi) is 5.79. The summed E-state index contributed by atoms with van der Waals surface area (Å²) in [6.45, 7) is 5.36. The topological polar surface area (TPSA) is 67.2 Å². The van der Waals surface area contributed by atoms with Gasteiger partial charge in [-0.1, -0.05) is 32.0 Å². The minimum atomic E-state index is -3.44. The van der Waals surface area contributed by atoms with Crippen molar-refractivity contribution in [1.82, 2.24) is 19.4 Å². The number of benzene rings is 1. The van der Waals surface area contributed by atoms with Crippen molar-refractivity contribution in [2.24, 2.45) is 7.05 Å². The van der Waals surface area contributed by atoms with Crippen LogP contribution in [-0.2, 0) is 30.2 Å². The van der Waals surface area contributed by atoms with Crippen molar-refractivity contribution in [3.05, 3.63) is 47.3 Å². The molecule has 0 aliphatic heterocycles. The molecule has 2 aromatic rings. The molecule has 0 spiro atoms. The standard InChI is InChI=1S/C17H26N4O2S/c1-13(2)17-15(12-21(5)19-17)11-18-10-14-8-6-7-9-16(14)24(22,23)20(3)4/h6-9,12-13,18H,10-11H2,1-5H3. The SMILES string of the molecule is CC(C)c1nn(C)cc1CNCc1ccccc1S(=O)(=O)N(C)C. The van der Waals surface area contributed by atoms with E-state index in [1.807, 2.05) is 30.1 Å². The molecule has 0 unspecified atom stereocenters. The van der Waals surface area contributed by atoms with Crippen LogP contribution in [0.4, 0.5) is 0 Å². The Morgan fingerprint density at radius 2 is 1.79 bits per heavy atom. The molecule has 132 valence electrons. The molecule has 0 saturated carbocycles. The molecule has 6 nitrogen and oxygen atoms in total. The molecule has 7 heteroatoms. The van der Waals surface area contributed by atoms with Gasteiger partial charge in [0.15, 0.2) is 0 Å². The first-order valence-corrected chi connectivity index (χ1v) is 9.41. The molecule has 1 aromatic heterocycles. The van der Waals surface area contributed by atoms with Crippen LogP contribution in [0, 0.1) is 0 Å². The summed E-state index contributed by atoms with van der Waals surface area (Å²) in [4.78, 5) is 0.345. The first kappa shape index (κ1) is 18.6. The highest BCUT2D eigenvalue weighted by atomic mass is 32.2. The van der Waals surface area contributed by atoms with Gasteiger partial charge in [0.05, 0.1) is 10.6 Å². The fourth-order valence-corrected chi connectivity index (χ4v) is 3.72. The van der Waals surface area contributed by atoms with Crippen LogP contribution >= 0.6 is 0 Å². The minimum Gasteiger partial charge on any atom is -0.308 e. The van der Waals surface area contributed by atoms with Crippen molar-refractivity contribution in [2.45, 2.75) is 37.8 Å². The molecule has 0 bridgehead atoms. The van der Waals surface area contributed by atoms with Gasteiger partial charge >= 0.3 is 0 Å². The Balaban J connectivity index is 2.14. The van der Waals surface area contributed by atoms with Crippen molar-refractivity contribution in [2.75, 3.05) is 14.1 Å². The predicted octanol–water partition coefficient (Wildman–Crippen LogP) is 2.08. The van der Waals surface area contributed by atoms with Gasteiger partial charge < -0.3 is 5.32 Å². The number of sulfonamides is 1. The smallest absolute Gasteiger partial charge is 0.242 e. The van der Waals surface area contributed by atoms with E-state index in [1.54, 1.807) is 26.2 Å². The minimum absolute atomic E-state index is 0.345. The lowest BCUT2D eigenvalue weighted by molar-refractivity contribution is 0.518. The quantitative estimate of drug-likeness (QED) is 0.830. The number of hydrogen-bond donors (Lipinski definition) is 1. The van der Waals surface area contributed by atoms with Gasteiger partial charge in [0.1, 0.15) is 0 Å². The third-order valence-corrected chi connectivity index (χ3v) is 5.76. The molecule has 0 atom stereocenters. The molecule has 1 heterocycles. The molecule has 0 aliphatic rings. The van der Waals surface area contributed by atoms with Crippen molar-refractivity contribution in [3.8, 4) is 0 Å². The van der Waals surface area contributed by atoms with E-state index in [0.717, 1.165) is 16.8 Å². The lowest BCUT2D eigenvalue weighted by Crippen LogP contribution is -2.24. The van der Waals surface area contributed by atoms with Crippen molar-refractivity contribution < 1.29 is 8.42 Å². The van der Waals surface area contributed by atoms with Gasteiger partial charge in [-0.15, -0.1) is 0 Å². The van der Waals surface area contributed by atoms with E-state index >= 15 is 0 Å². The summed E-state index contributed by atoms with van der Waals surface area (Å²) in [7, 11) is 1.56. The van der Waals surface area contributed by atoms with Crippen LogP contribution in [0.2, 0.25) is 0 Å². The van der Waals surface area contributed by atoms with E-state index in [9.17, 15) is 8.42 Å². The highest BCUT2D eigenvalue weighted by molar-refractivity contribution is 7.89. The third-order valence-electron chi connectivity index (χ3n) is 3.85. The van der Waals surface area contributed by atoms with Gasteiger partial charge in [-0.05, 0) is 17.5 Å². The maximum absolute atomic E-state index is 12.4. The fraction of sp³-hybridized carbons (Fsp3) is 0.471. The van der Waals surface area contributed by atoms with Gasteiger partial charge in [-0.25, -0.2) is 12.7 Å². The monoisotopic (exact) mass is 350 g/mol. The van der Waals surface area contributed by atoms with Gasteiger partial charge in [0.2, 0.25) is 10.0 Å².